The number of ether oxygens (including phenoxy) is 1. The summed E-state index contributed by atoms with van der Waals surface area (Å²) >= 11 is 0. The zero-order valence-electron chi connectivity index (χ0n) is 24.9. The first kappa shape index (κ1) is 33.6. The lowest BCUT2D eigenvalue weighted by Crippen LogP contribution is -2.25. The SMILES string of the molecule is CCCCCCc1ccc(-c2ccc(-c3ccc(-c4cc(F)c(C(F)(F)Oc5cc(F)c(F)c(F)c5)c(F)c4)c(F)c3)c(F)c2)cc1. The molecule has 0 aliphatic rings. The highest BCUT2D eigenvalue weighted by Gasteiger charge is 2.41. The minimum atomic E-state index is -4.80. The molecule has 5 aromatic rings. The fourth-order valence-electron chi connectivity index (χ4n) is 5.26. The van der Waals surface area contributed by atoms with Gasteiger partial charge in [0.2, 0.25) is 0 Å². The molecule has 0 amide bonds. The summed E-state index contributed by atoms with van der Waals surface area (Å²) in [6.45, 7) is 2.15. The van der Waals surface area contributed by atoms with Crippen molar-refractivity contribution in [2.45, 2.75) is 45.1 Å². The van der Waals surface area contributed by atoms with Gasteiger partial charge in [-0.25, -0.2) is 30.7 Å². The van der Waals surface area contributed by atoms with E-state index >= 15 is 8.78 Å². The van der Waals surface area contributed by atoms with E-state index in [1.165, 1.54) is 30.2 Å². The van der Waals surface area contributed by atoms with E-state index in [0.717, 1.165) is 43.4 Å². The second-order valence-electron chi connectivity index (χ2n) is 11.0. The van der Waals surface area contributed by atoms with Crippen LogP contribution in [0.2, 0.25) is 0 Å². The quantitative estimate of drug-likeness (QED) is 0.0780. The number of alkyl halides is 2. The van der Waals surface area contributed by atoms with E-state index in [4.69, 9.17) is 0 Å². The molecule has 47 heavy (non-hydrogen) atoms. The average Bonchev–Trinajstić information content (AvgIpc) is 3.01. The van der Waals surface area contributed by atoms with Crippen molar-refractivity contribution in [1.29, 1.82) is 0 Å². The fraction of sp³-hybridized carbons (Fsp3) is 0.189. The summed E-state index contributed by atoms with van der Waals surface area (Å²) in [5.74, 6) is -12.3. The fourth-order valence-corrected chi connectivity index (χ4v) is 5.26. The van der Waals surface area contributed by atoms with Crippen LogP contribution in [0.1, 0.15) is 43.7 Å². The van der Waals surface area contributed by atoms with Gasteiger partial charge in [-0.1, -0.05) is 74.7 Å². The highest BCUT2D eigenvalue weighted by Crippen LogP contribution is 2.39. The molecule has 0 aliphatic carbocycles. The molecule has 244 valence electrons. The van der Waals surface area contributed by atoms with E-state index in [-0.39, 0.29) is 28.8 Å². The highest BCUT2D eigenvalue weighted by atomic mass is 19.3. The van der Waals surface area contributed by atoms with Crippen molar-refractivity contribution >= 4 is 0 Å². The lowest BCUT2D eigenvalue weighted by molar-refractivity contribution is -0.189. The smallest absolute Gasteiger partial charge is 0.429 e. The molecule has 5 aromatic carbocycles. The van der Waals surface area contributed by atoms with Gasteiger partial charge in [-0.3, -0.25) is 0 Å². The first-order chi connectivity index (χ1) is 22.4. The van der Waals surface area contributed by atoms with Crippen molar-refractivity contribution in [3.05, 3.63) is 137 Å². The molecule has 0 unspecified atom stereocenters. The second kappa shape index (κ2) is 13.9. The van der Waals surface area contributed by atoms with E-state index in [1.54, 1.807) is 6.07 Å². The van der Waals surface area contributed by atoms with Crippen molar-refractivity contribution in [3.8, 4) is 39.1 Å². The molecule has 0 atom stereocenters. The molecule has 0 saturated carbocycles. The maximum absolute atomic E-state index is 15.2. The number of halogens is 9. The standard InChI is InChI=1S/C37H27F9O/c1-2-3-4-5-6-21-7-9-22(10-8-21)23-11-13-27(29(38)15-23)24-12-14-28(30(39)16-24)25-17-31(40)35(32(41)18-25)37(45,46)47-26-19-33(42)36(44)34(43)20-26/h7-20H,2-6H2,1H3. The molecular formula is C37H27F9O. The maximum atomic E-state index is 15.2. The van der Waals surface area contributed by atoms with Gasteiger partial charge in [0, 0.05) is 23.3 Å². The lowest BCUT2D eigenvalue weighted by atomic mass is 9.96. The molecule has 1 nitrogen and oxygen atoms in total. The third kappa shape index (κ3) is 7.48. The van der Waals surface area contributed by atoms with Crippen LogP contribution < -0.4 is 4.74 Å². The van der Waals surface area contributed by atoms with Gasteiger partial charge >= 0.3 is 6.11 Å². The topological polar surface area (TPSA) is 9.23 Å². The van der Waals surface area contributed by atoms with E-state index in [2.05, 4.69) is 11.7 Å². The highest BCUT2D eigenvalue weighted by molar-refractivity contribution is 5.74. The zero-order valence-corrected chi connectivity index (χ0v) is 24.9. The van der Waals surface area contributed by atoms with Crippen molar-refractivity contribution in [1.82, 2.24) is 0 Å². The number of hydrogen-bond acceptors (Lipinski definition) is 1. The number of rotatable bonds is 11. The summed E-state index contributed by atoms with van der Waals surface area (Å²) in [6, 6.07) is 16.7. The van der Waals surface area contributed by atoms with Gasteiger partial charge in [0.1, 0.15) is 34.6 Å². The molecule has 0 saturated heterocycles. The van der Waals surface area contributed by atoms with Gasteiger partial charge < -0.3 is 4.74 Å². The molecule has 0 aromatic heterocycles. The lowest BCUT2D eigenvalue weighted by Gasteiger charge is -2.20. The maximum Gasteiger partial charge on any atom is 0.432 e. The Bertz CT molecular complexity index is 1860. The van der Waals surface area contributed by atoms with Crippen molar-refractivity contribution < 1.29 is 44.3 Å². The molecular weight excluding hydrogens is 631 g/mol. The van der Waals surface area contributed by atoms with Crippen molar-refractivity contribution in [3.63, 3.8) is 0 Å². The van der Waals surface area contributed by atoms with Crippen LogP contribution in [0, 0.1) is 40.7 Å². The normalized spacial score (nSPS) is 11.6. The van der Waals surface area contributed by atoms with E-state index in [9.17, 15) is 30.7 Å². The van der Waals surface area contributed by atoms with Gasteiger partial charge in [-0.05, 0) is 64.9 Å². The van der Waals surface area contributed by atoms with E-state index < -0.39 is 63.7 Å². The summed E-state index contributed by atoms with van der Waals surface area (Å²) in [6.07, 6.45) is 0.762. The molecule has 0 fully saturated rings. The molecule has 0 spiro atoms. The molecule has 0 aliphatic heterocycles. The summed E-state index contributed by atoms with van der Waals surface area (Å²) < 4.78 is 134. The Labute approximate surface area is 265 Å². The summed E-state index contributed by atoms with van der Waals surface area (Å²) in [7, 11) is 0. The van der Waals surface area contributed by atoms with Crippen molar-refractivity contribution in [2.24, 2.45) is 0 Å². The Morgan fingerprint density at radius 2 is 1.02 bits per heavy atom. The minimum Gasteiger partial charge on any atom is -0.429 e. The van der Waals surface area contributed by atoms with Crippen LogP contribution in [0.25, 0.3) is 33.4 Å². The third-order valence-electron chi connectivity index (χ3n) is 7.70. The molecule has 10 heteroatoms. The number of aryl methyl sites for hydroxylation is 1. The number of benzene rings is 5. The van der Waals surface area contributed by atoms with E-state index in [1.807, 2.05) is 24.3 Å². The summed E-state index contributed by atoms with van der Waals surface area (Å²) in [5, 5.41) is 0. The van der Waals surface area contributed by atoms with E-state index in [0.29, 0.717) is 17.7 Å². The molecule has 0 radical (unpaired) electrons. The van der Waals surface area contributed by atoms with Gasteiger partial charge in [0.15, 0.2) is 17.5 Å². The third-order valence-corrected chi connectivity index (χ3v) is 7.70. The van der Waals surface area contributed by atoms with Gasteiger partial charge in [0.25, 0.3) is 0 Å². The Kier molecular flexibility index (Phi) is 9.98. The number of unbranched alkanes of at least 4 members (excludes halogenated alkanes) is 3. The van der Waals surface area contributed by atoms with Gasteiger partial charge in [0.05, 0.1) is 0 Å². The first-order valence-corrected chi connectivity index (χ1v) is 14.8. The molecule has 0 heterocycles. The molecule has 5 rings (SSSR count). The predicted octanol–water partition coefficient (Wildman–Crippen LogP) is 11.9. The first-order valence-electron chi connectivity index (χ1n) is 14.8. The van der Waals surface area contributed by atoms with Crippen LogP contribution in [0.15, 0.2) is 84.9 Å². The predicted molar refractivity (Wildman–Crippen MR) is 161 cm³/mol. The van der Waals surface area contributed by atoms with Gasteiger partial charge in [-0.2, -0.15) is 8.78 Å². The van der Waals surface area contributed by atoms with Crippen LogP contribution in [-0.4, -0.2) is 0 Å². The minimum absolute atomic E-state index is 0.0601. The van der Waals surface area contributed by atoms with Crippen molar-refractivity contribution in [2.75, 3.05) is 0 Å². The molecule has 0 bridgehead atoms. The Morgan fingerprint density at radius 3 is 1.60 bits per heavy atom. The zero-order chi connectivity index (χ0) is 33.9. The summed E-state index contributed by atoms with van der Waals surface area (Å²) in [4.78, 5) is 0. The average molecular weight is 659 g/mol. The van der Waals surface area contributed by atoms with Crippen LogP contribution in [-0.2, 0) is 12.5 Å². The monoisotopic (exact) mass is 658 g/mol. The van der Waals surface area contributed by atoms with Crippen LogP contribution in [0.3, 0.4) is 0 Å². The Hall–Kier alpha value is -4.73. The van der Waals surface area contributed by atoms with Crippen LogP contribution in [0.4, 0.5) is 39.5 Å². The largest absolute Gasteiger partial charge is 0.432 e. The second-order valence-corrected chi connectivity index (χ2v) is 11.0. The van der Waals surface area contributed by atoms with Crippen LogP contribution in [0.5, 0.6) is 5.75 Å². The summed E-state index contributed by atoms with van der Waals surface area (Å²) in [5.41, 5.74) is 0.0134. The Balaban J connectivity index is 1.35. The van der Waals surface area contributed by atoms with Gasteiger partial charge in [-0.15, -0.1) is 0 Å². The number of hydrogen-bond donors (Lipinski definition) is 0. The molecule has 0 N–H and O–H groups in total. The Morgan fingerprint density at radius 1 is 0.511 bits per heavy atom. The van der Waals surface area contributed by atoms with Crippen LogP contribution >= 0.6 is 0 Å².